The molecule has 3 aromatic rings. The molecule has 30 heavy (non-hydrogen) atoms. The molecule has 6 heteroatoms. The fourth-order valence-electron chi connectivity index (χ4n) is 4.17. The second-order valence-electron chi connectivity index (χ2n) is 7.77. The van der Waals surface area contributed by atoms with Crippen LogP contribution in [0.15, 0.2) is 65.3 Å². The summed E-state index contributed by atoms with van der Waals surface area (Å²) in [6.07, 6.45) is 3.56. The molecule has 2 aromatic carbocycles. The Labute approximate surface area is 175 Å². The van der Waals surface area contributed by atoms with Gasteiger partial charge in [-0.25, -0.2) is 0 Å². The van der Waals surface area contributed by atoms with Crippen LogP contribution in [0, 0.1) is 5.92 Å². The lowest BCUT2D eigenvalue weighted by Crippen LogP contribution is -2.40. The van der Waals surface area contributed by atoms with E-state index < -0.39 is 0 Å². The second-order valence-corrected chi connectivity index (χ2v) is 7.77. The number of fused-ring (bicyclic) bond motifs is 1. The lowest BCUT2D eigenvalue weighted by atomic mass is 9.96. The highest BCUT2D eigenvalue weighted by Gasteiger charge is 2.27. The van der Waals surface area contributed by atoms with Gasteiger partial charge in [0.2, 0.25) is 12.7 Å². The Morgan fingerprint density at radius 1 is 1.07 bits per heavy atom. The van der Waals surface area contributed by atoms with E-state index in [0.29, 0.717) is 0 Å². The molecule has 0 bridgehead atoms. The van der Waals surface area contributed by atoms with Crippen molar-refractivity contribution in [1.29, 1.82) is 0 Å². The Morgan fingerprint density at radius 2 is 1.97 bits per heavy atom. The average molecular weight is 404 g/mol. The van der Waals surface area contributed by atoms with Gasteiger partial charge in [0.25, 0.3) is 0 Å². The van der Waals surface area contributed by atoms with E-state index in [1.807, 2.05) is 48.5 Å². The van der Waals surface area contributed by atoms with Gasteiger partial charge in [-0.05, 0) is 61.9 Å². The van der Waals surface area contributed by atoms with Crippen molar-refractivity contribution in [3.63, 3.8) is 0 Å². The Kier molecular flexibility index (Phi) is 5.15. The first-order valence-corrected chi connectivity index (χ1v) is 10.3. The number of nitrogens with one attached hydrogen (secondary N) is 1. The summed E-state index contributed by atoms with van der Waals surface area (Å²) < 4.78 is 16.5. The number of ether oxygens (including phenoxy) is 2. The predicted octanol–water partition coefficient (Wildman–Crippen LogP) is 4.53. The molecular formula is C24H24N2O4. The highest BCUT2D eigenvalue weighted by Crippen LogP contribution is 2.36. The zero-order valence-electron chi connectivity index (χ0n) is 16.7. The van der Waals surface area contributed by atoms with E-state index in [9.17, 15) is 4.79 Å². The highest BCUT2D eigenvalue weighted by atomic mass is 16.7. The predicted molar refractivity (Wildman–Crippen MR) is 113 cm³/mol. The minimum Gasteiger partial charge on any atom is -0.464 e. The molecule has 1 N–H and O–H groups in total. The fraction of sp³-hybridized carbons (Fsp3) is 0.292. The third-order valence-electron chi connectivity index (χ3n) is 5.71. The number of benzene rings is 2. The Balaban J connectivity index is 1.21. The maximum Gasteiger partial charge on any atom is 0.231 e. The maximum absolute atomic E-state index is 12.9. The van der Waals surface area contributed by atoms with Crippen LogP contribution in [0.2, 0.25) is 0 Å². The number of hydrogen-bond donors (Lipinski definition) is 1. The Hall–Kier alpha value is -3.25. The molecule has 0 spiro atoms. The second kappa shape index (κ2) is 8.24. The van der Waals surface area contributed by atoms with Gasteiger partial charge in [-0.1, -0.05) is 12.1 Å². The highest BCUT2D eigenvalue weighted by molar-refractivity contribution is 5.93. The van der Waals surface area contributed by atoms with Gasteiger partial charge in [-0.15, -0.1) is 0 Å². The average Bonchev–Trinajstić information content (AvgIpc) is 3.47. The number of rotatable bonds is 5. The molecule has 3 heterocycles. The van der Waals surface area contributed by atoms with Crippen LogP contribution in [-0.4, -0.2) is 30.7 Å². The molecule has 1 fully saturated rings. The van der Waals surface area contributed by atoms with E-state index in [4.69, 9.17) is 13.9 Å². The minimum atomic E-state index is -0.0302. The topological polar surface area (TPSA) is 63.9 Å². The Bertz CT molecular complexity index is 1010. The summed E-state index contributed by atoms with van der Waals surface area (Å²) in [5.41, 5.74) is 2.90. The van der Waals surface area contributed by atoms with E-state index in [2.05, 4.69) is 16.3 Å². The van der Waals surface area contributed by atoms with Crippen LogP contribution in [0.3, 0.4) is 0 Å². The van der Waals surface area contributed by atoms with Gasteiger partial charge in [0.15, 0.2) is 11.5 Å². The third-order valence-corrected chi connectivity index (χ3v) is 5.71. The first-order valence-electron chi connectivity index (χ1n) is 10.3. The van der Waals surface area contributed by atoms with Crippen LogP contribution < -0.4 is 14.8 Å². The van der Waals surface area contributed by atoms with Gasteiger partial charge in [-0.2, -0.15) is 0 Å². The number of likely N-dealkylation sites (tertiary alicyclic amines) is 1. The van der Waals surface area contributed by atoms with Crippen LogP contribution in [0.1, 0.15) is 18.4 Å². The van der Waals surface area contributed by atoms with Crippen LogP contribution >= 0.6 is 0 Å². The fourth-order valence-corrected chi connectivity index (χ4v) is 4.17. The molecule has 0 radical (unpaired) electrons. The monoisotopic (exact) mass is 404 g/mol. The van der Waals surface area contributed by atoms with Gasteiger partial charge in [0, 0.05) is 29.9 Å². The molecule has 1 saturated heterocycles. The van der Waals surface area contributed by atoms with Crippen molar-refractivity contribution in [3.05, 3.63) is 66.4 Å². The molecule has 1 unspecified atom stereocenters. The standard InChI is InChI=1S/C24H24N2O4/c27-24(25-20-10-8-17(9-11-20)21-7-3-13-28-21)19-5-2-12-26(15-19)14-18-4-1-6-22-23(18)30-16-29-22/h1,3-4,6-11,13,19H,2,5,12,14-16H2,(H,25,27). The largest absolute Gasteiger partial charge is 0.464 e. The molecular weight excluding hydrogens is 380 g/mol. The van der Waals surface area contributed by atoms with Crippen molar-refractivity contribution in [2.45, 2.75) is 19.4 Å². The summed E-state index contributed by atoms with van der Waals surface area (Å²) in [6.45, 7) is 2.75. The van der Waals surface area contributed by atoms with E-state index in [-0.39, 0.29) is 18.6 Å². The van der Waals surface area contributed by atoms with Crippen molar-refractivity contribution < 1.29 is 18.7 Å². The summed E-state index contributed by atoms with van der Waals surface area (Å²) in [6, 6.07) is 17.5. The van der Waals surface area contributed by atoms with E-state index in [0.717, 1.165) is 66.5 Å². The Morgan fingerprint density at radius 3 is 2.80 bits per heavy atom. The van der Waals surface area contributed by atoms with Gasteiger partial charge in [-0.3, -0.25) is 9.69 Å². The number of nitrogens with zero attached hydrogens (tertiary/aromatic N) is 1. The zero-order valence-corrected chi connectivity index (χ0v) is 16.7. The number of amides is 1. The van der Waals surface area contributed by atoms with Crippen molar-refractivity contribution in [2.75, 3.05) is 25.2 Å². The summed E-state index contributed by atoms with van der Waals surface area (Å²) in [5.74, 6) is 2.50. The summed E-state index contributed by atoms with van der Waals surface area (Å²) in [5, 5.41) is 3.07. The van der Waals surface area contributed by atoms with E-state index in [1.54, 1.807) is 6.26 Å². The number of carbonyl (C=O) groups excluding carboxylic acids is 1. The molecule has 2 aliphatic heterocycles. The van der Waals surface area contributed by atoms with E-state index in [1.165, 1.54) is 0 Å². The molecule has 6 nitrogen and oxygen atoms in total. The number of furan rings is 1. The molecule has 0 aliphatic carbocycles. The third kappa shape index (κ3) is 3.91. The molecule has 0 saturated carbocycles. The lowest BCUT2D eigenvalue weighted by Gasteiger charge is -2.32. The number of carbonyl (C=O) groups is 1. The van der Waals surface area contributed by atoms with Crippen molar-refractivity contribution in [3.8, 4) is 22.8 Å². The van der Waals surface area contributed by atoms with Crippen LogP contribution in [0.5, 0.6) is 11.5 Å². The first kappa shape index (κ1) is 18.8. The SMILES string of the molecule is O=C(Nc1ccc(-c2ccco2)cc1)C1CCCN(Cc2cccc3c2OCO3)C1. The van der Waals surface area contributed by atoms with Crippen molar-refractivity contribution in [2.24, 2.45) is 5.92 Å². The molecule has 2 aliphatic rings. The molecule has 154 valence electrons. The normalized spacial score (nSPS) is 18.3. The smallest absolute Gasteiger partial charge is 0.231 e. The molecule has 1 aromatic heterocycles. The number of para-hydroxylation sites is 1. The first-order chi connectivity index (χ1) is 14.8. The summed E-state index contributed by atoms with van der Waals surface area (Å²) in [7, 11) is 0. The van der Waals surface area contributed by atoms with Gasteiger partial charge in [0.1, 0.15) is 5.76 Å². The molecule has 1 atom stereocenters. The van der Waals surface area contributed by atoms with Gasteiger partial charge in [0.05, 0.1) is 12.2 Å². The van der Waals surface area contributed by atoms with Crippen molar-refractivity contribution >= 4 is 11.6 Å². The molecule has 1 amide bonds. The summed E-state index contributed by atoms with van der Waals surface area (Å²) in [4.78, 5) is 15.2. The van der Waals surface area contributed by atoms with Gasteiger partial charge >= 0.3 is 0 Å². The van der Waals surface area contributed by atoms with Crippen LogP contribution in [0.4, 0.5) is 5.69 Å². The van der Waals surface area contributed by atoms with E-state index >= 15 is 0 Å². The number of anilines is 1. The number of piperidine rings is 1. The van der Waals surface area contributed by atoms with Crippen LogP contribution in [-0.2, 0) is 11.3 Å². The molecule has 5 rings (SSSR count). The van der Waals surface area contributed by atoms with Crippen LogP contribution in [0.25, 0.3) is 11.3 Å². The lowest BCUT2D eigenvalue weighted by molar-refractivity contribution is -0.121. The van der Waals surface area contributed by atoms with Gasteiger partial charge < -0.3 is 19.2 Å². The minimum absolute atomic E-state index is 0.0302. The zero-order chi connectivity index (χ0) is 20.3. The van der Waals surface area contributed by atoms with Crippen molar-refractivity contribution in [1.82, 2.24) is 4.90 Å². The quantitative estimate of drug-likeness (QED) is 0.677. The maximum atomic E-state index is 12.9. The number of hydrogen-bond acceptors (Lipinski definition) is 5. The summed E-state index contributed by atoms with van der Waals surface area (Å²) >= 11 is 0.